The van der Waals surface area contributed by atoms with Crippen LogP contribution in [0.2, 0.25) is 0 Å². The first-order chi connectivity index (χ1) is 6.88. The molecule has 2 N–H and O–H groups in total. The number of nitrogen functional groups attached to an aromatic ring is 1. The van der Waals surface area contributed by atoms with E-state index < -0.39 is 11.7 Å². The average molecular weight is 215 g/mol. The molecular weight excluding hydrogens is 207 g/mol. The minimum atomic E-state index is -4.41. The summed E-state index contributed by atoms with van der Waals surface area (Å²) in [5, 5.41) is 3.95. The van der Waals surface area contributed by atoms with Gasteiger partial charge in [0.2, 0.25) is 0 Å². The molecule has 0 bridgehead atoms. The number of fused-ring (bicyclic) bond motifs is 1. The van der Waals surface area contributed by atoms with Gasteiger partial charge in [0.15, 0.2) is 0 Å². The van der Waals surface area contributed by atoms with E-state index in [9.17, 15) is 13.2 Å². The quantitative estimate of drug-likeness (QED) is 0.684. The predicted octanol–water partition coefficient (Wildman–Crippen LogP) is 2.17. The topological polar surface area (TPSA) is 43.8 Å². The molecule has 0 aliphatic rings. The van der Waals surface area contributed by atoms with Crippen molar-refractivity contribution in [1.29, 1.82) is 0 Å². The molecule has 0 aliphatic carbocycles. The molecule has 15 heavy (non-hydrogen) atoms. The molecule has 2 rings (SSSR count). The Bertz CT molecular complexity index is 513. The zero-order valence-electron chi connectivity index (χ0n) is 7.84. The van der Waals surface area contributed by atoms with Gasteiger partial charge in [-0.2, -0.15) is 18.3 Å². The number of hydrogen-bond acceptors (Lipinski definition) is 2. The molecule has 0 aliphatic heterocycles. The Balaban J connectivity index is 2.82. The van der Waals surface area contributed by atoms with Crippen LogP contribution in [0.5, 0.6) is 0 Å². The number of anilines is 1. The molecule has 3 nitrogen and oxygen atoms in total. The van der Waals surface area contributed by atoms with Crippen LogP contribution < -0.4 is 5.73 Å². The summed E-state index contributed by atoms with van der Waals surface area (Å²) in [6.07, 6.45) is -3.08. The normalized spacial score (nSPS) is 12.3. The molecule has 80 valence electrons. The number of nitrogens with zero attached hydrogens (tertiary/aromatic N) is 2. The van der Waals surface area contributed by atoms with E-state index in [0.717, 1.165) is 6.07 Å². The molecule has 0 fully saturated rings. The average Bonchev–Trinajstić information content (AvgIpc) is 2.41. The molecule has 6 heteroatoms. The number of aromatic nitrogens is 2. The molecule has 0 amide bonds. The Morgan fingerprint density at radius 1 is 1.33 bits per heavy atom. The van der Waals surface area contributed by atoms with Crippen molar-refractivity contribution in [2.45, 2.75) is 6.18 Å². The summed E-state index contributed by atoms with van der Waals surface area (Å²) in [6, 6.07) is 2.34. The Hall–Kier alpha value is -1.72. The van der Waals surface area contributed by atoms with E-state index in [1.807, 2.05) is 0 Å². The van der Waals surface area contributed by atoms with Gasteiger partial charge in [-0.15, -0.1) is 0 Å². The Kier molecular flexibility index (Phi) is 1.89. The van der Waals surface area contributed by atoms with Gasteiger partial charge in [0.1, 0.15) is 0 Å². The fraction of sp³-hybridized carbons (Fsp3) is 0.222. The summed E-state index contributed by atoms with van der Waals surface area (Å²) in [4.78, 5) is 0. The summed E-state index contributed by atoms with van der Waals surface area (Å²) in [5.41, 5.74) is 4.95. The van der Waals surface area contributed by atoms with Crippen LogP contribution in [0.4, 0.5) is 18.9 Å². The van der Waals surface area contributed by atoms with E-state index in [4.69, 9.17) is 5.73 Å². The summed E-state index contributed by atoms with van der Waals surface area (Å²) in [6.45, 7) is 0. The predicted molar refractivity (Wildman–Crippen MR) is 50.1 cm³/mol. The SMILES string of the molecule is Cn1cc2c(C(F)(F)F)cc(N)cc2n1. The van der Waals surface area contributed by atoms with E-state index in [0.29, 0.717) is 0 Å². The van der Waals surface area contributed by atoms with Crippen LogP contribution in [-0.2, 0) is 13.2 Å². The standard InChI is InChI=1S/C9H8F3N3/c1-15-4-6-7(9(10,11)12)2-5(13)3-8(6)14-15/h2-4H,13H2,1H3. The highest BCUT2D eigenvalue weighted by molar-refractivity contribution is 5.85. The summed E-state index contributed by atoms with van der Waals surface area (Å²) < 4.78 is 39.2. The third-order valence-electron chi connectivity index (χ3n) is 2.07. The van der Waals surface area contributed by atoms with Crippen LogP contribution in [0.3, 0.4) is 0 Å². The smallest absolute Gasteiger partial charge is 0.399 e. The lowest BCUT2D eigenvalue weighted by molar-refractivity contribution is -0.136. The van der Waals surface area contributed by atoms with Crippen molar-refractivity contribution in [3.8, 4) is 0 Å². The van der Waals surface area contributed by atoms with Crippen molar-refractivity contribution in [3.05, 3.63) is 23.9 Å². The molecule has 0 saturated heterocycles. The zero-order valence-corrected chi connectivity index (χ0v) is 7.84. The van der Waals surface area contributed by atoms with Gasteiger partial charge in [-0.3, -0.25) is 4.68 Å². The van der Waals surface area contributed by atoms with Crippen molar-refractivity contribution < 1.29 is 13.2 Å². The fourth-order valence-corrected chi connectivity index (χ4v) is 1.50. The molecule has 0 atom stereocenters. The molecule has 1 aromatic heterocycles. The largest absolute Gasteiger partial charge is 0.417 e. The van der Waals surface area contributed by atoms with Crippen LogP contribution in [0.15, 0.2) is 18.3 Å². The number of aryl methyl sites for hydroxylation is 1. The van der Waals surface area contributed by atoms with Crippen LogP contribution in [0.25, 0.3) is 10.9 Å². The van der Waals surface area contributed by atoms with E-state index in [-0.39, 0.29) is 16.6 Å². The van der Waals surface area contributed by atoms with E-state index in [1.54, 1.807) is 7.05 Å². The van der Waals surface area contributed by atoms with Gasteiger partial charge in [0.05, 0.1) is 11.1 Å². The molecule has 1 aromatic carbocycles. The lowest BCUT2D eigenvalue weighted by atomic mass is 10.1. The number of halogens is 3. The van der Waals surface area contributed by atoms with Crippen molar-refractivity contribution >= 4 is 16.6 Å². The van der Waals surface area contributed by atoms with Gasteiger partial charge in [-0.1, -0.05) is 0 Å². The lowest BCUT2D eigenvalue weighted by Gasteiger charge is -2.08. The van der Waals surface area contributed by atoms with Gasteiger partial charge in [0.25, 0.3) is 0 Å². The van der Waals surface area contributed by atoms with Crippen molar-refractivity contribution in [2.75, 3.05) is 5.73 Å². The Morgan fingerprint density at radius 2 is 2.00 bits per heavy atom. The van der Waals surface area contributed by atoms with E-state index >= 15 is 0 Å². The second kappa shape index (κ2) is 2.88. The van der Waals surface area contributed by atoms with E-state index in [1.165, 1.54) is 16.9 Å². The van der Waals surface area contributed by atoms with Crippen LogP contribution in [0.1, 0.15) is 5.56 Å². The van der Waals surface area contributed by atoms with Gasteiger partial charge < -0.3 is 5.73 Å². The molecule has 0 spiro atoms. The monoisotopic (exact) mass is 215 g/mol. The third kappa shape index (κ3) is 1.62. The van der Waals surface area contributed by atoms with Crippen molar-refractivity contribution in [3.63, 3.8) is 0 Å². The maximum Gasteiger partial charge on any atom is 0.417 e. The first-order valence-electron chi connectivity index (χ1n) is 4.18. The van der Waals surface area contributed by atoms with Gasteiger partial charge in [-0.25, -0.2) is 0 Å². The molecular formula is C9H8F3N3. The number of benzene rings is 1. The van der Waals surface area contributed by atoms with Crippen LogP contribution in [0, 0.1) is 0 Å². The highest BCUT2D eigenvalue weighted by Gasteiger charge is 2.33. The first-order valence-corrected chi connectivity index (χ1v) is 4.18. The Morgan fingerprint density at radius 3 is 2.60 bits per heavy atom. The van der Waals surface area contributed by atoms with Crippen LogP contribution in [-0.4, -0.2) is 9.78 Å². The van der Waals surface area contributed by atoms with E-state index in [2.05, 4.69) is 5.10 Å². The molecule has 0 radical (unpaired) electrons. The summed E-state index contributed by atoms with van der Waals surface area (Å²) >= 11 is 0. The van der Waals surface area contributed by atoms with Crippen molar-refractivity contribution in [1.82, 2.24) is 9.78 Å². The zero-order chi connectivity index (χ0) is 11.2. The number of alkyl halides is 3. The van der Waals surface area contributed by atoms with Gasteiger partial charge >= 0.3 is 6.18 Å². The maximum absolute atomic E-state index is 12.6. The van der Waals surface area contributed by atoms with Gasteiger partial charge in [-0.05, 0) is 12.1 Å². The second-order valence-corrected chi connectivity index (χ2v) is 3.30. The number of nitrogens with two attached hydrogens (primary N) is 1. The minimum Gasteiger partial charge on any atom is -0.399 e. The highest BCUT2D eigenvalue weighted by Crippen LogP contribution is 2.35. The highest BCUT2D eigenvalue weighted by atomic mass is 19.4. The molecule has 1 heterocycles. The minimum absolute atomic E-state index is 0.0634. The molecule has 0 saturated carbocycles. The third-order valence-corrected chi connectivity index (χ3v) is 2.07. The lowest BCUT2D eigenvalue weighted by Crippen LogP contribution is -2.06. The molecule has 2 aromatic rings. The maximum atomic E-state index is 12.6. The molecule has 0 unspecified atom stereocenters. The summed E-state index contributed by atoms with van der Waals surface area (Å²) in [5.74, 6) is 0. The van der Waals surface area contributed by atoms with Gasteiger partial charge in [0, 0.05) is 24.3 Å². The second-order valence-electron chi connectivity index (χ2n) is 3.30. The Labute approximate surface area is 83.3 Å². The van der Waals surface area contributed by atoms with Crippen molar-refractivity contribution in [2.24, 2.45) is 7.05 Å². The number of rotatable bonds is 0. The van der Waals surface area contributed by atoms with Crippen LogP contribution >= 0.6 is 0 Å². The summed E-state index contributed by atoms with van der Waals surface area (Å²) in [7, 11) is 1.57. The number of hydrogen-bond donors (Lipinski definition) is 1. The fourth-order valence-electron chi connectivity index (χ4n) is 1.50. The first kappa shape index (κ1) is 9.82.